The number of hydrogen-bond donors (Lipinski definition) is 2. The van der Waals surface area contributed by atoms with Crippen LogP contribution in [0.4, 0.5) is 0 Å². The van der Waals surface area contributed by atoms with Crippen molar-refractivity contribution in [2.45, 2.75) is 65.2 Å². The highest BCUT2D eigenvalue weighted by molar-refractivity contribution is 4.74. The molecule has 0 atom stereocenters. The summed E-state index contributed by atoms with van der Waals surface area (Å²) >= 11 is 0. The second-order valence-electron chi connectivity index (χ2n) is 5.94. The molecule has 2 N–H and O–H groups in total. The van der Waals surface area contributed by atoms with Gasteiger partial charge in [0.05, 0.1) is 0 Å². The van der Waals surface area contributed by atoms with Gasteiger partial charge in [-0.3, -0.25) is 0 Å². The van der Waals surface area contributed by atoms with Gasteiger partial charge >= 0.3 is 0 Å². The third kappa shape index (κ3) is 7.38. The molecule has 0 aromatic rings. The molecule has 2 heteroatoms. The summed E-state index contributed by atoms with van der Waals surface area (Å²) in [5, 5.41) is 7.00. The van der Waals surface area contributed by atoms with E-state index in [-0.39, 0.29) is 0 Å². The molecule has 0 aromatic heterocycles. The minimum Gasteiger partial charge on any atom is -0.317 e. The molecule has 0 bridgehead atoms. The van der Waals surface area contributed by atoms with Crippen LogP contribution in [0.3, 0.4) is 0 Å². The van der Waals surface area contributed by atoms with Crippen LogP contribution in [0.25, 0.3) is 0 Å². The van der Waals surface area contributed by atoms with Crippen LogP contribution in [-0.2, 0) is 0 Å². The zero-order valence-corrected chi connectivity index (χ0v) is 12.6. The Morgan fingerprint density at radius 2 is 1.50 bits per heavy atom. The second-order valence-corrected chi connectivity index (χ2v) is 5.94. The van der Waals surface area contributed by atoms with Gasteiger partial charge in [0.1, 0.15) is 0 Å². The first-order chi connectivity index (χ1) is 8.86. The molecule has 0 heterocycles. The zero-order chi connectivity index (χ0) is 13.1. The Morgan fingerprint density at radius 1 is 0.833 bits per heavy atom. The molecular formula is C16H34N2. The van der Waals surface area contributed by atoms with Crippen LogP contribution in [0.1, 0.15) is 65.2 Å². The van der Waals surface area contributed by atoms with Crippen LogP contribution in [0, 0.1) is 11.8 Å². The van der Waals surface area contributed by atoms with E-state index >= 15 is 0 Å². The van der Waals surface area contributed by atoms with Gasteiger partial charge in [-0.05, 0) is 57.3 Å². The van der Waals surface area contributed by atoms with E-state index in [1.54, 1.807) is 0 Å². The predicted octanol–water partition coefficient (Wildman–Crippen LogP) is 3.57. The van der Waals surface area contributed by atoms with Gasteiger partial charge in [0.2, 0.25) is 0 Å². The highest BCUT2D eigenvalue weighted by atomic mass is 14.9. The smallest absolute Gasteiger partial charge is 0.00205 e. The Bertz CT molecular complexity index is 174. The van der Waals surface area contributed by atoms with E-state index < -0.39 is 0 Å². The summed E-state index contributed by atoms with van der Waals surface area (Å²) in [6, 6.07) is 0. The molecular weight excluding hydrogens is 220 g/mol. The lowest BCUT2D eigenvalue weighted by Gasteiger charge is -2.28. The lowest BCUT2D eigenvalue weighted by atomic mass is 9.80. The van der Waals surface area contributed by atoms with Gasteiger partial charge < -0.3 is 10.6 Å². The third-order valence-electron chi connectivity index (χ3n) is 4.32. The van der Waals surface area contributed by atoms with Gasteiger partial charge in [-0.2, -0.15) is 0 Å². The molecule has 0 amide bonds. The molecule has 1 aliphatic carbocycles. The summed E-state index contributed by atoms with van der Waals surface area (Å²) in [4.78, 5) is 0. The van der Waals surface area contributed by atoms with E-state index in [2.05, 4.69) is 24.5 Å². The SMILES string of the molecule is CCCCC1CCC(CNCCCNCC)CC1. The second kappa shape index (κ2) is 10.8. The first-order valence-electron chi connectivity index (χ1n) is 8.28. The van der Waals surface area contributed by atoms with Crippen LogP contribution in [0.2, 0.25) is 0 Å². The number of unbranched alkanes of at least 4 members (excludes halogenated alkanes) is 1. The highest BCUT2D eigenvalue weighted by Gasteiger charge is 2.20. The van der Waals surface area contributed by atoms with E-state index in [1.807, 2.05) is 0 Å². The van der Waals surface area contributed by atoms with Crippen molar-refractivity contribution < 1.29 is 0 Å². The molecule has 0 aliphatic heterocycles. The normalized spacial score (nSPS) is 24.3. The maximum Gasteiger partial charge on any atom is -0.00205 e. The lowest BCUT2D eigenvalue weighted by Crippen LogP contribution is -2.28. The quantitative estimate of drug-likeness (QED) is 0.582. The molecule has 1 saturated carbocycles. The molecule has 18 heavy (non-hydrogen) atoms. The molecule has 0 aromatic carbocycles. The van der Waals surface area contributed by atoms with Crippen LogP contribution in [0.5, 0.6) is 0 Å². The Hall–Kier alpha value is -0.0800. The van der Waals surface area contributed by atoms with Gasteiger partial charge in [0.15, 0.2) is 0 Å². The predicted molar refractivity (Wildman–Crippen MR) is 81.0 cm³/mol. The van der Waals surface area contributed by atoms with Gasteiger partial charge in [-0.1, -0.05) is 46.0 Å². The largest absolute Gasteiger partial charge is 0.317 e. The standard InChI is InChI=1S/C16H34N2/c1-3-5-7-15-8-10-16(11-9-15)14-18-13-6-12-17-4-2/h15-18H,3-14H2,1-2H3. The monoisotopic (exact) mass is 254 g/mol. The molecule has 0 saturated heterocycles. The van der Waals surface area contributed by atoms with Crippen LogP contribution < -0.4 is 10.6 Å². The van der Waals surface area contributed by atoms with E-state index in [0.29, 0.717) is 0 Å². The number of hydrogen-bond acceptors (Lipinski definition) is 2. The average molecular weight is 254 g/mol. The summed E-state index contributed by atoms with van der Waals surface area (Å²) in [7, 11) is 0. The Morgan fingerprint density at radius 3 is 2.17 bits per heavy atom. The fraction of sp³-hybridized carbons (Fsp3) is 1.00. The van der Waals surface area contributed by atoms with Crippen LogP contribution in [0.15, 0.2) is 0 Å². The van der Waals surface area contributed by atoms with Crippen molar-refractivity contribution in [2.75, 3.05) is 26.2 Å². The topological polar surface area (TPSA) is 24.1 Å². The van der Waals surface area contributed by atoms with Crippen molar-refractivity contribution in [3.8, 4) is 0 Å². The Labute approximate surface area is 114 Å². The molecule has 108 valence electrons. The highest BCUT2D eigenvalue weighted by Crippen LogP contribution is 2.31. The average Bonchev–Trinajstić information content (AvgIpc) is 2.42. The third-order valence-corrected chi connectivity index (χ3v) is 4.32. The Kier molecular flexibility index (Phi) is 9.59. The van der Waals surface area contributed by atoms with Crippen molar-refractivity contribution in [3.63, 3.8) is 0 Å². The van der Waals surface area contributed by atoms with Crippen molar-refractivity contribution >= 4 is 0 Å². The van der Waals surface area contributed by atoms with Gasteiger partial charge in [0, 0.05) is 0 Å². The van der Waals surface area contributed by atoms with Gasteiger partial charge in [-0.25, -0.2) is 0 Å². The number of rotatable bonds is 10. The van der Waals surface area contributed by atoms with Crippen molar-refractivity contribution in [1.29, 1.82) is 0 Å². The Balaban J connectivity index is 1.92. The zero-order valence-electron chi connectivity index (χ0n) is 12.6. The van der Waals surface area contributed by atoms with Crippen molar-refractivity contribution in [3.05, 3.63) is 0 Å². The summed E-state index contributed by atoms with van der Waals surface area (Å²) in [5.74, 6) is 2.01. The minimum atomic E-state index is 0.960. The molecule has 0 spiro atoms. The van der Waals surface area contributed by atoms with E-state index in [1.165, 1.54) is 64.5 Å². The summed E-state index contributed by atoms with van der Waals surface area (Å²) in [6.07, 6.45) is 11.5. The van der Waals surface area contributed by atoms with Gasteiger partial charge in [-0.15, -0.1) is 0 Å². The molecule has 0 radical (unpaired) electrons. The summed E-state index contributed by atoms with van der Waals surface area (Å²) < 4.78 is 0. The number of nitrogens with one attached hydrogen (secondary N) is 2. The maximum absolute atomic E-state index is 3.63. The first kappa shape index (κ1) is 16.0. The molecule has 1 rings (SSSR count). The molecule has 2 nitrogen and oxygen atoms in total. The first-order valence-corrected chi connectivity index (χ1v) is 8.28. The van der Waals surface area contributed by atoms with Crippen molar-refractivity contribution in [2.24, 2.45) is 11.8 Å². The van der Waals surface area contributed by atoms with Gasteiger partial charge in [0.25, 0.3) is 0 Å². The molecule has 1 fully saturated rings. The lowest BCUT2D eigenvalue weighted by molar-refractivity contribution is 0.254. The summed E-state index contributed by atoms with van der Waals surface area (Å²) in [5.41, 5.74) is 0. The minimum absolute atomic E-state index is 0.960. The molecule has 1 aliphatic rings. The maximum atomic E-state index is 3.63. The molecule has 0 unspecified atom stereocenters. The van der Waals surface area contributed by atoms with E-state index in [9.17, 15) is 0 Å². The van der Waals surface area contributed by atoms with Crippen LogP contribution >= 0.6 is 0 Å². The fourth-order valence-electron chi connectivity index (χ4n) is 3.04. The van der Waals surface area contributed by atoms with E-state index in [4.69, 9.17) is 0 Å². The van der Waals surface area contributed by atoms with Crippen molar-refractivity contribution in [1.82, 2.24) is 10.6 Å². The van der Waals surface area contributed by atoms with E-state index in [0.717, 1.165) is 24.9 Å². The fourth-order valence-corrected chi connectivity index (χ4v) is 3.04. The summed E-state index contributed by atoms with van der Waals surface area (Å²) in [6.45, 7) is 9.18. The van der Waals surface area contributed by atoms with Crippen LogP contribution in [-0.4, -0.2) is 26.2 Å².